The van der Waals surface area contributed by atoms with Crippen LogP contribution in [0.25, 0.3) is 0 Å². The zero-order chi connectivity index (χ0) is 9.68. The van der Waals surface area contributed by atoms with E-state index in [1.165, 1.54) is 10.8 Å². The van der Waals surface area contributed by atoms with Crippen molar-refractivity contribution in [1.82, 2.24) is 0 Å². The van der Waals surface area contributed by atoms with Crippen LogP contribution in [0.15, 0.2) is 24.3 Å². The van der Waals surface area contributed by atoms with Crippen LogP contribution in [0, 0.1) is 0 Å². The summed E-state index contributed by atoms with van der Waals surface area (Å²) in [4.78, 5) is 0. The summed E-state index contributed by atoms with van der Waals surface area (Å²) in [5, 5.41) is 1.46. The Morgan fingerprint density at radius 3 is 2.62 bits per heavy atom. The van der Waals surface area contributed by atoms with E-state index in [1.54, 1.807) is 0 Å². The van der Waals surface area contributed by atoms with Gasteiger partial charge in [0.2, 0.25) is 0 Å². The van der Waals surface area contributed by atoms with Crippen molar-refractivity contribution in [2.24, 2.45) is 0 Å². The highest BCUT2D eigenvalue weighted by Gasteiger charge is 2.01. The molecule has 1 aromatic rings. The lowest BCUT2D eigenvalue weighted by Gasteiger charge is -2.10. The molecular weight excluding hydrogens is 176 g/mol. The van der Waals surface area contributed by atoms with Crippen LogP contribution in [-0.4, -0.2) is 15.9 Å². The average molecular weight is 194 g/mol. The van der Waals surface area contributed by atoms with Crippen molar-refractivity contribution in [2.45, 2.75) is 33.3 Å². The molecule has 0 aliphatic rings. The van der Waals surface area contributed by atoms with E-state index in [-0.39, 0.29) is 0 Å². The maximum atomic E-state index is 5.71. The van der Waals surface area contributed by atoms with Crippen LogP contribution in [0.1, 0.15) is 26.3 Å². The summed E-state index contributed by atoms with van der Waals surface area (Å²) in [6, 6.07) is 8.61. The SMILES string of the molecule is CCc1ccccc1[SiH2]OC(C)C. The van der Waals surface area contributed by atoms with Crippen LogP contribution >= 0.6 is 0 Å². The molecule has 72 valence electrons. The number of rotatable bonds is 4. The molecule has 0 bridgehead atoms. The lowest BCUT2D eigenvalue weighted by molar-refractivity contribution is 0.260. The molecule has 0 aromatic heterocycles. The predicted octanol–water partition coefficient (Wildman–Crippen LogP) is 1.38. The van der Waals surface area contributed by atoms with Crippen LogP contribution in [0.3, 0.4) is 0 Å². The lowest BCUT2D eigenvalue weighted by atomic mass is 10.2. The van der Waals surface area contributed by atoms with Crippen molar-refractivity contribution < 1.29 is 4.43 Å². The summed E-state index contributed by atoms with van der Waals surface area (Å²) in [5.74, 6) is 0. The topological polar surface area (TPSA) is 9.23 Å². The highest BCUT2D eigenvalue weighted by Crippen LogP contribution is 1.97. The summed E-state index contributed by atoms with van der Waals surface area (Å²) in [6.07, 6.45) is 1.49. The highest BCUT2D eigenvalue weighted by atomic mass is 28.2. The Hall–Kier alpha value is -0.603. The second-order valence-corrected chi connectivity index (χ2v) is 4.87. The van der Waals surface area contributed by atoms with Crippen molar-refractivity contribution in [3.63, 3.8) is 0 Å². The van der Waals surface area contributed by atoms with Gasteiger partial charge in [-0.15, -0.1) is 0 Å². The summed E-state index contributed by atoms with van der Waals surface area (Å²) >= 11 is 0. The largest absolute Gasteiger partial charge is 0.416 e. The van der Waals surface area contributed by atoms with Gasteiger partial charge in [0.15, 0.2) is 9.76 Å². The molecule has 0 aliphatic carbocycles. The first-order valence-corrected chi connectivity index (χ1v) is 6.21. The minimum Gasteiger partial charge on any atom is -0.416 e. The second kappa shape index (κ2) is 5.20. The predicted molar refractivity (Wildman–Crippen MR) is 60.2 cm³/mol. The van der Waals surface area contributed by atoms with Gasteiger partial charge in [0.1, 0.15) is 0 Å². The molecular formula is C11H18OSi. The molecule has 0 fully saturated rings. The number of hydrogen-bond acceptors (Lipinski definition) is 1. The quantitative estimate of drug-likeness (QED) is 0.658. The van der Waals surface area contributed by atoms with Gasteiger partial charge in [0.05, 0.1) is 0 Å². The average Bonchev–Trinajstić information content (AvgIpc) is 2.15. The Morgan fingerprint density at radius 2 is 2.00 bits per heavy atom. The zero-order valence-electron chi connectivity index (χ0n) is 8.71. The Kier molecular flexibility index (Phi) is 4.19. The Bertz CT molecular complexity index is 258. The smallest absolute Gasteiger partial charge is 0.192 e. The minimum absolute atomic E-state index is 0.372. The molecule has 0 unspecified atom stereocenters. The van der Waals surface area contributed by atoms with Gasteiger partial charge in [0, 0.05) is 6.10 Å². The van der Waals surface area contributed by atoms with Gasteiger partial charge in [-0.05, 0) is 31.0 Å². The molecule has 0 N–H and O–H groups in total. The van der Waals surface area contributed by atoms with Crippen LogP contribution in [0.2, 0.25) is 0 Å². The van der Waals surface area contributed by atoms with Gasteiger partial charge in [0.25, 0.3) is 0 Å². The fourth-order valence-electron chi connectivity index (χ4n) is 1.30. The Morgan fingerprint density at radius 1 is 1.31 bits per heavy atom. The first kappa shape index (κ1) is 10.5. The van der Waals surface area contributed by atoms with Crippen LogP contribution in [0.4, 0.5) is 0 Å². The van der Waals surface area contributed by atoms with Gasteiger partial charge >= 0.3 is 0 Å². The van der Waals surface area contributed by atoms with E-state index in [1.807, 2.05) is 0 Å². The molecule has 0 saturated carbocycles. The highest BCUT2D eigenvalue weighted by molar-refractivity contribution is 6.47. The first-order chi connectivity index (χ1) is 6.24. The normalized spacial score (nSPS) is 11.7. The van der Waals surface area contributed by atoms with Crippen LogP contribution in [-0.2, 0) is 10.8 Å². The van der Waals surface area contributed by atoms with Crippen molar-refractivity contribution in [3.05, 3.63) is 29.8 Å². The third-order valence-corrected chi connectivity index (χ3v) is 3.91. The molecule has 0 spiro atoms. The van der Waals surface area contributed by atoms with Crippen molar-refractivity contribution in [2.75, 3.05) is 0 Å². The van der Waals surface area contributed by atoms with E-state index in [2.05, 4.69) is 45.0 Å². The Labute approximate surface area is 83.1 Å². The maximum Gasteiger partial charge on any atom is 0.192 e. The standard InChI is InChI=1S/C11H18OSi/c1-4-10-7-5-6-8-11(10)13-12-9(2)3/h5-9H,4,13H2,1-3H3. The molecule has 0 amide bonds. The number of hydrogen-bond donors (Lipinski definition) is 0. The third-order valence-electron chi connectivity index (χ3n) is 2.07. The molecule has 1 aromatic carbocycles. The van der Waals surface area contributed by atoms with E-state index in [9.17, 15) is 0 Å². The molecule has 1 rings (SSSR count). The van der Waals surface area contributed by atoms with Crippen molar-refractivity contribution >= 4 is 14.9 Å². The van der Waals surface area contributed by atoms with Gasteiger partial charge in [-0.1, -0.05) is 31.2 Å². The van der Waals surface area contributed by atoms with Gasteiger partial charge in [-0.2, -0.15) is 0 Å². The minimum atomic E-state index is -0.499. The van der Waals surface area contributed by atoms with E-state index < -0.39 is 9.76 Å². The Balaban J connectivity index is 2.64. The van der Waals surface area contributed by atoms with Crippen LogP contribution in [0.5, 0.6) is 0 Å². The van der Waals surface area contributed by atoms with Gasteiger partial charge < -0.3 is 4.43 Å². The summed E-state index contributed by atoms with van der Waals surface area (Å²) < 4.78 is 5.71. The van der Waals surface area contributed by atoms with E-state index in [4.69, 9.17) is 4.43 Å². The van der Waals surface area contributed by atoms with E-state index in [0.717, 1.165) is 6.42 Å². The molecule has 0 saturated heterocycles. The maximum absolute atomic E-state index is 5.71. The van der Waals surface area contributed by atoms with Crippen molar-refractivity contribution in [3.8, 4) is 0 Å². The van der Waals surface area contributed by atoms with E-state index in [0.29, 0.717) is 6.10 Å². The molecule has 0 heterocycles. The van der Waals surface area contributed by atoms with Crippen molar-refractivity contribution in [1.29, 1.82) is 0 Å². The summed E-state index contributed by atoms with van der Waals surface area (Å²) in [5.41, 5.74) is 1.45. The van der Waals surface area contributed by atoms with Gasteiger partial charge in [-0.25, -0.2) is 0 Å². The molecule has 0 aliphatic heterocycles. The lowest BCUT2D eigenvalue weighted by Crippen LogP contribution is -2.24. The van der Waals surface area contributed by atoms with E-state index >= 15 is 0 Å². The number of benzene rings is 1. The zero-order valence-corrected chi connectivity index (χ0v) is 10.1. The summed E-state index contributed by atoms with van der Waals surface area (Å²) in [7, 11) is -0.499. The first-order valence-electron chi connectivity index (χ1n) is 4.92. The second-order valence-electron chi connectivity index (χ2n) is 3.48. The third kappa shape index (κ3) is 3.33. The van der Waals surface area contributed by atoms with Gasteiger partial charge in [-0.3, -0.25) is 0 Å². The molecule has 1 nitrogen and oxygen atoms in total. The fraction of sp³-hybridized carbons (Fsp3) is 0.455. The monoisotopic (exact) mass is 194 g/mol. The fourth-order valence-corrected chi connectivity index (χ4v) is 2.60. The molecule has 13 heavy (non-hydrogen) atoms. The summed E-state index contributed by atoms with van der Waals surface area (Å²) in [6.45, 7) is 6.39. The molecule has 0 radical (unpaired) electrons. The molecule has 0 atom stereocenters. The number of aryl methyl sites for hydroxylation is 1. The van der Waals surface area contributed by atoms with Crippen LogP contribution < -0.4 is 5.19 Å². The molecule has 2 heteroatoms.